The molecule has 266 valence electrons. The van der Waals surface area contributed by atoms with Crippen LogP contribution in [0.25, 0.3) is 0 Å². The van der Waals surface area contributed by atoms with E-state index >= 15 is 0 Å². The molecule has 1 aliphatic carbocycles. The number of carbonyl (C=O) groups excluding carboxylic acids is 1. The van der Waals surface area contributed by atoms with E-state index in [-0.39, 0.29) is 25.9 Å². The van der Waals surface area contributed by atoms with Crippen molar-refractivity contribution in [1.29, 1.82) is 0 Å². The Morgan fingerprint density at radius 3 is 1.91 bits per heavy atom. The van der Waals surface area contributed by atoms with Gasteiger partial charge < -0.3 is 88.1 Å². The maximum Gasteiger partial charge on any atom is 0.394 e. The lowest BCUT2D eigenvalue weighted by molar-refractivity contribution is -0.332. The van der Waals surface area contributed by atoms with Crippen LogP contribution in [0.1, 0.15) is 12.8 Å². The number of carbonyl (C=O) groups is 1. The first kappa shape index (κ1) is 39.9. The summed E-state index contributed by atoms with van der Waals surface area (Å²) in [4.78, 5) is 12.6. The number of aliphatic hydroxyl groups is 8. The first-order valence-electron chi connectivity index (χ1n) is 13.8. The lowest BCUT2D eigenvalue weighted by Gasteiger charge is -2.49. The fourth-order valence-corrected chi connectivity index (χ4v) is 5.07. The Bertz CT molecular complexity index is 1020. The average molecular weight is 684 g/mol. The van der Waals surface area contributed by atoms with Crippen LogP contribution in [0.5, 0.6) is 0 Å². The minimum Gasteiger partial charge on any atom is -0.394 e. The third kappa shape index (κ3) is 10.6. The van der Waals surface area contributed by atoms with Crippen molar-refractivity contribution in [2.24, 2.45) is 22.9 Å². The number of rotatable bonds is 10. The van der Waals surface area contributed by atoms with Gasteiger partial charge in [-0.1, -0.05) is 0 Å². The van der Waals surface area contributed by atoms with E-state index in [0.717, 1.165) is 0 Å². The zero-order chi connectivity index (χ0) is 34.4. The van der Waals surface area contributed by atoms with E-state index < -0.39 is 121 Å². The highest BCUT2D eigenvalue weighted by Gasteiger charge is 2.52. The summed E-state index contributed by atoms with van der Waals surface area (Å²) in [5.74, 6) is -0.845. The molecule has 22 nitrogen and oxygen atoms in total. The zero-order valence-electron chi connectivity index (χ0n) is 23.8. The summed E-state index contributed by atoms with van der Waals surface area (Å²) in [7, 11) is -4.67. The van der Waals surface area contributed by atoms with Crippen LogP contribution in [0, 0.1) is 0 Å². The highest BCUT2D eigenvalue weighted by molar-refractivity contribution is 7.79. The van der Waals surface area contributed by atoms with E-state index in [1.165, 1.54) is 0 Å². The van der Waals surface area contributed by atoms with Crippen LogP contribution in [0.4, 0.5) is 0 Å². The summed E-state index contributed by atoms with van der Waals surface area (Å²) >= 11 is 0. The summed E-state index contributed by atoms with van der Waals surface area (Å²) in [6.07, 6.45) is -19.8. The van der Waals surface area contributed by atoms with Gasteiger partial charge in [-0.15, -0.1) is 0 Å². The minimum atomic E-state index is -4.67. The topological polar surface area (TPSA) is 407 Å². The minimum absolute atomic E-state index is 0.0101. The lowest BCUT2D eigenvalue weighted by atomic mass is 9.83. The maximum absolute atomic E-state index is 12.6. The number of hydrogen-bond donors (Lipinski definition) is 15. The van der Waals surface area contributed by atoms with Gasteiger partial charge in [0.15, 0.2) is 12.6 Å². The Hall–Kier alpha value is -1.30. The largest absolute Gasteiger partial charge is 0.394 e. The van der Waals surface area contributed by atoms with Crippen molar-refractivity contribution < 1.29 is 82.1 Å². The second-order valence-electron chi connectivity index (χ2n) is 10.8. The molecule has 1 saturated carbocycles. The molecule has 14 unspecified atom stereocenters. The van der Waals surface area contributed by atoms with E-state index in [9.17, 15) is 45.6 Å². The Labute approximate surface area is 257 Å². The monoisotopic (exact) mass is 683 g/mol. The Kier molecular flexibility index (Phi) is 15.2. The van der Waals surface area contributed by atoms with Gasteiger partial charge in [-0.05, 0) is 19.4 Å². The van der Waals surface area contributed by atoms with Gasteiger partial charge >= 0.3 is 10.4 Å². The van der Waals surface area contributed by atoms with Gasteiger partial charge in [-0.3, -0.25) is 13.9 Å². The van der Waals surface area contributed by atoms with Crippen LogP contribution in [0.2, 0.25) is 0 Å². The van der Waals surface area contributed by atoms with Crippen molar-refractivity contribution in [3.05, 3.63) is 0 Å². The Morgan fingerprint density at radius 2 is 1.38 bits per heavy atom. The zero-order valence-corrected chi connectivity index (χ0v) is 24.6. The second kappa shape index (κ2) is 17.2. The third-order valence-electron chi connectivity index (χ3n) is 7.51. The summed E-state index contributed by atoms with van der Waals surface area (Å²) in [6.45, 7) is -0.898. The molecule has 2 saturated heterocycles. The number of amides is 1. The van der Waals surface area contributed by atoms with Gasteiger partial charge in [0.05, 0.1) is 18.7 Å². The number of nitrogens with two attached hydrogens (primary N) is 4. The molecule has 0 aromatic carbocycles. The summed E-state index contributed by atoms with van der Waals surface area (Å²) in [5, 5.41) is 84.9. The lowest BCUT2D eigenvalue weighted by Crippen LogP contribution is -2.69. The van der Waals surface area contributed by atoms with Gasteiger partial charge in [-0.25, -0.2) is 0 Å². The molecule has 0 aromatic heterocycles. The molecule has 0 spiro atoms. The van der Waals surface area contributed by atoms with Crippen molar-refractivity contribution in [2.45, 2.75) is 111 Å². The first-order valence-corrected chi connectivity index (χ1v) is 15.2. The fraction of sp³-hybridized carbons (Fsp3) is 0.955. The molecule has 3 aliphatic rings. The quantitative estimate of drug-likeness (QED) is 0.0950. The third-order valence-corrected chi connectivity index (χ3v) is 7.51. The molecule has 19 N–H and O–H groups in total. The molecule has 0 aromatic rings. The van der Waals surface area contributed by atoms with E-state index in [1.54, 1.807) is 0 Å². The molecule has 1 amide bonds. The van der Waals surface area contributed by atoms with Crippen LogP contribution >= 0.6 is 0 Å². The van der Waals surface area contributed by atoms with E-state index in [2.05, 4.69) is 5.32 Å². The number of aliphatic hydroxyl groups excluding tert-OH is 8. The smallest absolute Gasteiger partial charge is 0.394 e. The molecular formula is C22H45N5O17S. The van der Waals surface area contributed by atoms with Gasteiger partial charge in [-0.2, -0.15) is 8.42 Å². The highest BCUT2D eigenvalue weighted by Crippen LogP contribution is 2.32. The molecule has 0 radical (unpaired) electrons. The van der Waals surface area contributed by atoms with Crippen molar-refractivity contribution in [3.63, 3.8) is 0 Å². The van der Waals surface area contributed by atoms with Crippen LogP contribution in [0.15, 0.2) is 0 Å². The Balaban J connectivity index is 0.00000130. The van der Waals surface area contributed by atoms with Crippen LogP contribution < -0.4 is 28.3 Å². The number of ether oxygens (including phenoxy) is 4. The molecule has 0 bridgehead atoms. The van der Waals surface area contributed by atoms with Crippen LogP contribution in [0.3, 0.4) is 0 Å². The van der Waals surface area contributed by atoms with Crippen molar-refractivity contribution >= 4 is 16.3 Å². The first-order chi connectivity index (χ1) is 20.9. The van der Waals surface area contributed by atoms with E-state index in [4.69, 9.17) is 59.4 Å². The highest BCUT2D eigenvalue weighted by atomic mass is 32.3. The van der Waals surface area contributed by atoms with Gasteiger partial charge in [0.1, 0.15) is 67.1 Å². The number of hydrogen-bond acceptors (Lipinski definition) is 19. The van der Waals surface area contributed by atoms with Crippen molar-refractivity contribution in [3.8, 4) is 0 Å². The second-order valence-corrected chi connectivity index (χ2v) is 11.7. The standard InChI is InChI=1S/C22H43N5O13.H2O4S/c23-2-1-8(29)20(36)27-7-3-6(25)18(39-22-16(34)15(33)13(31)9(4-24)37-22)17(35)19(7)40-21-14(32)11(26)12(30)10(5-28)38-21;1-5(2,3)4/h6-19,21-22,28-35H,1-5,23-26H2,(H,27,36);(H2,1,2,3,4)/t6?,7?,8?,9?,10?,11?,12?,13?,14?,15?,16?,17?,18?,19?,21-,22-;/m1./s1. The van der Waals surface area contributed by atoms with Crippen LogP contribution in [-0.2, 0) is 34.1 Å². The normalized spacial score (nSPS) is 43.1. The van der Waals surface area contributed by atoms with E-state index in [0.29, 0.717) is 0 Å². The molecule has 2 aliphatic heterocycles. The summed E-state index contributed by atoms with van der Waals surface area (Å²) in [5.41, 5.74) is 23.1. The van der Waals surface area contributed by atoms with Crippen molar-refractivity contribution in [2.75, 3.05) is 19.7 Å². The molecule has 2 heterocycles. The molecule has 3 rings (SSSR count). The van der Waals surface area contributed by atoms with Gasteiger partial charge in [0, 0.05) is 12.6 Å². The SMILES string of the molecule is NCCC(O)C(=O)NC1CC(N)C(O[C@H]2OC(CN)C(O)C(O)C2O)C(O)C1O[C@H]1OC(CO)C(O)C(N)C1O.O=S(=O)(O)O. The average Bonchev–Trinajstić information content (AvgIpc) is 2.96. The molecule has 45 heavy (non-hydrogen) atoms. The predicted molar refractivity (Wildman–Crippen MR) is 146 cm³/mol. The molecule has 16 atom stereocenters. The fourth-order valence-electron chi connectivity index (χ4n) is 5.07. The number of nitrogens with one attached hydrogen (secondary N) is 1. The van der Waals surface area contributed by atoms with Gasteiger partial charge in [0.25, 0.3) is 0 Å². The summed E-state index contributed by atoms with van der Waals surface area (Å²) < 4.78 is 54.1. The Morgan fingerprint density at radius 1 is 0.844 bits per heavy atom. The van der Waals surface area contributed by atoms with Crippen LogP contribution in [-0.4, -0.2) is 182 Å². The molecular weight excluding hydrogens is 638 g/mol. The predicted octanol–water partition coefficient (Wildman–Crippen LogP) is -9.08. The maximum atomic E-state index is 12.6. The van der Waals surface area contributed by atoms with E-state index in [1.807, 2.05) is 0 Å². The molecule has 3 fully saturated rings. The van der Waals surface area contributed by atoms with Crippen molar-refractivity contribution in [1.82, 2.24) is 5.32 Å². The summed E-state index contributed by atoms with van der Waals surface area (Å²) in [6, 6.07) is -3.45. The van der Waals surface area contributed by atoms with Gasteiger partial charge in [0.2, 0.25) is 5.91 Å². The molecule has 23 heteroatoms.